The van der Waals surface area contributed by atoms with Crippen LogP contribution in [-0.2, 0) is 4.79 Å². The number of nitrogens with one attached hydrogen (secondary N) is 1. The van der Waals surface area contributed by atoms with E-state index in [0.29, 0.717) is 0 Å². The normalized spacial score (nSPS) is 22.6. The largest absolute Gasteiger partial charge is 0.391 e. The van der Waals surface area contributed by atoms with Crippen molar-refractivity contribution in [1.29, 1.82) is 0 Å². The predicted molar refractivity (Wildman–Crippen MR) is 69.0 cm³/mol. The molecule has 1 amide bonds. The molecule has 0 radical (unpaired) electrons. The number of rotatable bonds is 2. The average Bonchev–Trinajstić information content (AvgIpc) is 2.29. The zero-order valence-electron chi connectivity index (χ0n) is 9.81. The highest BCUT2D eigenvalue weighted by Crippen LogP contribution is 2.36. The Morgan fingerprint density at radius 1 is 1.53 bits per heavy atom. The second-order valence-electron chi connectivity index (χ2n) is 4.27. The molecule has 0 spiro atoms. The molecule has 0 saturated carbocycles. The minimum absolute atomic E-state index is 0.00488. The molecule has 1 aromatic rings. The van der Waals surface area contributed by atoms with E-state index in [4.69, 9.17) is 5.73 Å². The van der Waals surface area contributed by atoms with Gasteiger partial charge in [-0.25, -0.2) is 0 Å². The average molecular weight is 252 g/mol. The Bertz CT molecular complexity index is 448. The Balaban J connectivity index is 2.32. The number of aliphatic hydroxyl groups is 1. The first kappa shape index (κ1) is 12.4. The van der Waals surface area contributed by atoms with E-state index in [9.17, 15) is 9.90 Å². The van der Waals surface area contributed by atoms with Crippen LogP contribution in [0.15, 0.2) is 23.1 Å². The quantitative estimate of drug-likeness (QED) is 0.745. The number of benzene rings is 1. The summed E-state index contributed by atoms with van der Waals surface area (Å²) in [6.45, 7) is 3.53. The van der Waals surface area contributed by atoms with E-state index in [0.717, 1.165) is 16.1 Å². The number of thioether (sulfide) groups is 1. The van der Waals surface area contributed by atoms with Crippen molar-refractivity contribution in [2.75, 3.05) is 5.32 Å². The summed E-state index contributed by atoms with van der Waals surface area (Å²) in [7, 11) is 0. The lowest BCUT2D eigenvalue weighted by molar-refractivity contribution is -0.115. The van der Waals surface area contributed by atoms with Crippen molar-refractivity contribution < 1.29 is 9.90 Å². The number of nitrogens with two attached hydrogens (primary N) is 1. The molecule has 0 aliphatic carbocycles. The minimum atomic E-state index is -0.612. The van der Waals surface area contributed by atoms with Crippen LogP contribution in [0.5, 0.6) is 0 Å². The molecule has 3 unspecified atom stereocenters. The molecule has 0 aromatic heterocycles. The molecule has 3 atom stereocenters. The SMILES string of the molecule is CC1Sc2ccc(C(N)C(C)O)cc2NC1=O. The Kier molecular flexibility index (Phi) is 3.42. The molecule has 0 saturated heterocycles. The van der Waals surface area contributed by atoms with Crippen molar-refractivity contribution in [2.45, 2.75) is 36.1 Å². The number of carbonyl (C=O) groups excluding carboxylic acids is 1. The second-order valence-corrected chi connectivity index (χ2v) is 5.65. The third kappa shape index (κ3) is 2.46. The number of anilines is 1. The Labute approximate surface area is 105 Å². The Hall–Kier alpha value is -1.04. The number of amides is 1. The molecule has 5 heteroatoms. The molecule has 2 rings (SSSR count). The maximum absolute atomic E-state index is 11.6. The lowest BCUT2D eigenvalue weighted by Gasteiger charge is -2.23. The fourth-order valence-corrected chi connectivity index (χ4v) is 2.64. The van der Waals surface area contributed by atoms with Crippen LogP contribution in [0.3, 0.4) is 0 Å². The van der Waals surface area contributed by atoms with Crippen molar-refractivity contribution >= 4 is 23.4 Å². The van der Waals surface area contributed by atoms with Crippen LogP contribution in [0.25, 0.3) is 0 Å². The Morgan fingerprint density at radius 2 is 2.24 bits per heavy atom. The number of hydrogen-bond acceptors (Lipinski definition) is 4. The van der Waals surface area contributed by atoms with Gasteiger partial charge in [-0.15, -0.1) is 11.8 Å². The van der Waals surface area contributed by atoms with E-state index >= 15 is 0 Å². The standard InChI is InChI=1S/C12H16N2O2S/c1-6(15)11(13)8-3-4-10-9(5-8)14-12(16)7(2)17-10/h3-7,11,15H,13H2,1-2H3,(H,14,16). The summed E-state index contributed by atoms with van der Waals surface area (Å²) in [5.41, 5.74) is 7.48. The maximum Gasteiger partial charge on any atom is 0.237 e. The van der Waals surface area contributed by atoms with Crippen LogP contribution in [0.1, 0.15) is 25.5 Å². The zero-order valence-corrected chi connectivity index (χ0v) is 10.6. The van der Waals surface area contributed by atoms with Crippen LogP contribution in [0, 0.1) is 0 Å². The first-order valence-electron chi connectivity index (χ1n) is 5.54. The van der Waals surface area contributed by atoms with Crippen LogP contribution < -0.4 is 11.1 Å². The van der Waals surface area contributed by atoms with Crippen molar-refractivity contribution in [3.8, 4) is 0 Å². The summed E-state index contributed by atoms with van der Waals surface area (Å²) in [4.78, 5) is 12.6. The molecule has 1 aliphatic rings. The fraction of sp³-hybridized carbons (Fsp3) is 0.417. The summed E-state index contributed by atoms with van der Waals surface area (Å²) in [5, 5.41) is 12.2. The summed E-state index contributed by atoms with van der Waals surface area (Å²) in [5.74, 6) is 0.00488. The zero-order chi connectivity index (χ0) is 12.6. The highest BCUT2D eigenvalue weighted by Gasteiger charge is 2.24. The molecule has 1 aliphatic heterocycles. The molecule has 1 aromatic carbocycles. The summed E-state index contributed by atoms with van der Waals surface area (Å²) in [6, 6.07) is 5.24. The van der Waals surface area contributed by atoms with Gasteiger partial charge in [-0.3, -0.25) is 4.79 Å². The highest BCUT2D eigenvalue weighted by molar-refractivity contribution is 8.00. The second kappa shape index (κ2) is 4.68. The van der Waals surface area contributed by atoms with Gasteiger partial charge in [-0.05, 0) is 31.5 Å². The van der Waals surface area contributed by atoms with Gasteiger partial charge in [-0.1, -0.05) is 6.07 Å². The van der Waals surface area contributed by atoms with Crippen LogP contribution in [0.2, 0.25) is 0 Å². The van der Waals surface area contributed by atoms with Crippen molar-refractivity contribution in [3.63, 3.8) is 0 Å². The van der Waals surface area contributed by atoms with Gasteiger partial charge in [0.25, 0.3) is 0 Å². The van der Waals surface area contributed by atoms with E-state index in [1.54, 1.807) is 6.92 Å². The molecule has 0 bridgehead atoms. The van der Waals surface area contributed by atoms with Gasteiger partial charge in [0.1, 0.15) is 0 Å². The number of fused-ring (bicyclic) bond motifs is 1. The van der Waals surface area contributed by atoms with Gasteiger partial charge in [-0.2, -0.15) is 0 Å². The molecule has 17 heavy (non-hydrogen) atoms. The molecule has 92 valence electrons. The lowest BCUT2D eigenvalue weighted by Crippen LogP contribution is -2.27. The van der Waals surface area contributed by atoms with Crippen molar-refractivity contribution in [3.05, 3.63) is 23.8 Å². The van der Waals surface area contributed by atoms with Gasteiger partial charge in [0.05, 0.1) is 23.1 Å². The molecule has 0 fully saturated rings. The van der Waals surface area contributed by atoms with Gasteiger partial charge in [0, 0.05) is 4.90 Å². The predicted octanol–water partition coefficient (Wildman–Crippen LogP) is 1.50. The summed E-state index contributed by atoms with van der Waals surface area (Å²) >= 11 is 1.53. The maximum atomic E-state index is 11.6. The first-order valence-corrected chi connectivity index (χ1v) is 6.42. The molecule has 4 nitrogen and oxygen atoms in total. The third-order valence-electron chi connectivity index (χ3n) is 2.84. The fourth-order valence-electron chi connectivity index (χ4n) is 1.71. The summed E-state index contributed by atoms with van der Waals surface area (Å²) < 4.78 is 0. The Morgan fingerprint density at radius 3 is 2.88 bits per heavy atom. The molecule has 4 N–H and O–H groups in total. The van der Waals surface area contributed by atoms with E-state index in [1.807, 2.05) is 25.1 Å². The number of hydrogen-bond donors (Lipinski definition) is 3. The van der Waals surface area contributed by atoms with Gasteiger partial charge < -0.3 is 16.2 Å². The van der Waals surface area contributed by atoms with Crippen LogP contribution >= 0.6 is 11.8 Å². The highest BCUT2D eigenvalue weighted by atomic mass is 32.2. The first-order chi connectivity index (χ1) is 7.99. The molecular weight excluding hydrogens is 236 g/mol. The van der Waals surface area contributed by atoms with Crippen LogP contribution in [-0.4, -0.2) is 22.4 Å². The molecule has 1 heterocycles. The van der Waals surface area contributed by atoms with Gasteiger partial charge in [0.2, 0.25) is 5.91 Å². The number of carbonyl (C=O) groups is 1. The monoisotopic (exact) mass is 252 g/mol. The summed E-state index contributed by atoms with van der Waals surface area (Å²) in [6.07, 6.45) is -0.612. The van der Waals surface area contributed by atoms with Crippen molar-refractivity contribution in [2.24, 2.45) is 5.73 Å². The van der Waals surface area contributed by atoms with E-state index < -0.39 is 12.1 Å². The smallest absolute Gasteiger partial charge is 0.237 e. The van der Waals surface area contributed by atoms with Gasteiger partial charge >= 0.3 is 0 Å². The lowest BCUT2D eigenvalue weighted by atomic mass is 10.0. The van der Waals surface area contributed by atoms with Crippen molar-refractivity contribution in [1.82, 2.24) is 0 Å². The van der Waals surface area contributed by atoms with E-state index in [1.165, 1.54) is 11.8 Å². The number of aliphatic hydroxyl groups excluding tert-OH is 1. The van der Waals surface area contributed by atoms with E-state index in [-0.39, 0.29) is 11.2 Å². The minimum Gasteiger partial charge on any atom is -0.391 e. The third-order valence-corrected chi connectivity index (χ3v) is 4.02. The van der Waals surface area contributed by atoms with Crippen LogP contribution in [0.4, 0.5) is 5.69 Å². The van der Waals surface area contributed by atoms with E-state index in [2.05, 4.69) is 5.32 Å². The van der Waals surface area contributed by atoms with Gasteiger partial charge in [0.15, 0.2) is 0 Å². The topological polar surface area (TPSA) is 75.3 Å². The molecular formula is C12H16N2O2S.